The van der Waals surface area contributed by atoms with Gasteiger partial charge in [0.2, 0.25) is 17.7 Å². The second-order valence-corrected chi connectivity index (χ2v) is 10.0. The Kier molecular flexibility index (Phi) is 8.15. The number of rotatable bonds is 11. The van der Waals surface area contributed by atoms with Crippen LogP contribution in [0.15, 0.2) is 55.4 Å². The molecule has 1 amide bonds. The number of aromatic nitrogens is 4. The minimum atomic E-state index is -0.628. The van der Waals surface area contributed by atoms with Crippen molar-refractivity contribution in [3.05, 3.63) is 60.9 Å². The number of likely N-dealkylation sites (N-methyl/N-ethyl adjacent to an activating group) is 2. The van der Waals surface area contributed by atoms with Crippen LogP contribution >= 0.6 is 0 Å². The summed E-state index contributed by atoms with van der Waals surface area (Å²) in [7, 11) is 7.92. The van der Waals surface area contributed by atoms with Crippen LogP contribution in [0.3, 0.4) is 0 Å². The Hall–Kier alpha value is -4.44. The molecule has 0 radical (unpaired) electrons. The number of ether oxygens (including phenoxy) is 1. The van der Waals surface area contributed by atoms with E-state index in [1.165, 1.54) is 0 Å². The first-order chi connectivity index (χ1) is 18.5. The molecule has 3 N–H and O–H groups in total. The molecule has 4 aromatic rings. The number of nitrogens with one attached hydrogen (secondary N) is 1. The molecule has 204 valence electrons. The van der Waals surface area contributed by atoms with Crippen molar-refractivity contribution in [3.8, 4) is 17.1 Å². The molecule has 10 heteroatoms. The Bertz CT molecular complexity index is 1510. The van der Waals surface area contributed by atoms with Gasteiger partial charge in [-0.05, 0) is 46.1 Å². The highest BCUT2D eigenvalue weighted by atomic mass is 16.5. The summed E-state index contributed by atoms with van der Waals surface area (Å²) >= 11 is 0. The monoisotopic (exact) mass is 528 g/mol. The first-order valence-electron chi connectivity index (χ1n) is 12.8. The molecular weight excluding hydrogens is 492 g/mol. The Morgan fingerprint density at radius 1 is 1.15 bits per heavy atom. The maximum atomic E-state index is 12.2. The van der Waals surface area contributed by atoms with Crippen LogP contribution in [0.25, 0.3) is 27.7 Å². The molecule has 0 aliphatic carbocycles. The van der Waals surface area contributed by atoms with Gasteiger partial charge in [0, 0.05) is 67.2 Å². The van der Waals surface area contributed by atoms with E-state index in [4.69, 9.17) is 20.4 Å². The van der Waals surface area contributed by atoms with Crippen molar-refractivity contribution < 1.29 is 9.53 Å². The molecule has 3 heterocycles. The fourth-order valence-electron chi connectivity index (χ4n) is 4.23. The molecular formula is C29H36N8O2. The van der Waals surface area contributed by atoms with Gasteiger partial charge in [-0.2, -0.15) is 4.98 Å². The quantitative estimate of drug-likeness (QED) is 0.280. The number of pyridine rings is 1. The molecule has 0 aliphatic heterocycles. The molecule has 0 saturated heterocycles. The molecule has 0 spiro atoms. The number of hydrogen-bond acceptors (Lipinski definition) is 8. The molecule has 1 aromatic carbocycles. The Morgan fingerprint density at radius 3 is 2.59 bits per heavy atom. The van der Waals surface area contributed by atoms with Crippen LogP contribution < -0.4 is 20.7 Å². The molecule has 4 rings (SSSR count). The fourth-order valence-corrected chi connectivity index (χ4v) is 4.23. The minimum Gasteiger partial charge on any atom is -0.473 e. The molecule has 0 atom stereocenters. The van der Waals surface area contributed by atoms with Gasteiger partial charge in [-0.15, -0.1) is 0 Å². The van der Waals surface area contributed by atoms with E-state index in [0.717, 1.165) is 28.7 Å². The minimum absolute atomic E-state index is 0.147. The van der Waals surface area contributed by atoms with Crippen LogP contribution in [-0.2, 0) is 11.8 Å². The molecule has 10 nitrogen and oxygen atoms in total. The van der Waals surface area contributed by atoms with Gasteiger partial charge in [-0.3, -0.25) is 4.79 Å². The summed E-state index contributed by atoms with van der Waals surface area (Å²) in [5.41, 5.74) is 9.68. The average Bonchev–Trinajstić information content (AvgIpc) is 3.24. The molecule has 0 fully saturated rings. The fraction of sp³-hybridized carbons (Fsp3) is 0.310. The normalized spacial score (nSPS) is 11.3. The number of hydrogen-bond donors (Lipinski definition) is 2. The molecule has 0 bridgehead atoms. The van der Waals surface area contributed by atoms with Crippen molar-refractivity contribution in [1.29, 1.82) is 0 Å². The first-order valence-corrected chi connectivity index (χ1v) is 12.8. The number of carbonyl (C=O) groups is 1. The second kappa shape index (κ2) is 11.5. The molecule has 0 unspecified atom stereocenters. The van der Waals surface area contributed by atoms with Crippen molar-refractivity contribution >= 4 is 39.8 Å². The van der Waals surface area contributed by atoms with Crippen LogP contribution in [-0.4, -0.2) is 70.7 Å². The second-order valence-electron chi connectivity index (χ2n) is 10.0. The summed E-state index contributed by atoms with van der Waals surface area (Å²) in [6.07, 6.45) is 3.61. The largest absolute Gasteiger partial charge is 0.473 e. The molecule has 3 aromatic heterocycles. The number of benzene rings is 1. The van der Waals surface area contributed by atoms with Gasteiger partial charge in [0.05, 0.1) is 11.8 Å². The highest BCUT2D eigenvalue weighted by Crippen LogP contribution is 2.35. The number of para-hydroxylation sites is 1. The van der Waals surface area contributed by atoms with E-state index >= 15 is 0 Å². The Morgan fingerprint density at radius 2 is 1.90 bits per heavy atom. The molecule has 0 aliphatic rings. The maximum absolute atomic E-state index is 12.2. The zero-order valence-corrected chi connectivity index (χ0v) is 23.4. The number of aryl methyl sites for hydroxylation is 1. The first kappa shape index (κ1) is 27.6. The molecule has 0 saturated carbocycles. The van der Waals surface area contributed by atoms with Gasteiger partial charge in [0.15, 0.2) is 0 Å². The summed E-state index contributed by atoms with van der Waals surface area (Å²) in [6, 6.07) is 11.8. The lowest BCUT2D eigenvalue weighted by Gasteiger charge is -2.25. The van der Waals surface area contributed by atoms with Crippen molar-refractivity contribution in [2.24, 2.45) is 12.8 Å². The number of anilines is 3. The van der Waals surface area contributed by atoms with E-state index in [0.29, 0.717) is 35.4 Å². The van der Waals surface area contributed by atoms with Gasteiger partial charge >= 0.3 is 0 Å². The maximum Gasteiger partial charge on any atom is 0.248 e. The van der Waals surface area contributed by atoms with Crippen LogP contribution in [0.1, 0.15) is 19.4 Å². The van der Waals surface area contributed by atoms with Crippen molar-refractivity contribution in [2.75, 3.05) is 44.4 Å². The van der Waals surface area contributed by atoms with Gasteiger partial charge in [0.1, 0.15) is 11.5 Å². The van der Waals surface area contributed by atoms with Gasteiger partial charge in [-0.1, -0.05) is 24.8 Å². The van der Waals surface area contributed by atoms with E-state index in [1.807, 2.05) is 65.1 Å². The third kappa shape index (κ3) is 6.18. The van der Waals surface area contributed by atoms with Crippen molar-refractivity contribution in [3.63, 3.8) is 0 Å². The zero-order chi connectivity index (χ0) is 28.3. The summed E-state index contributed by atoms with van der Waals surface area (Å²) in [6.45, 7) is 9.24. The predicted molar refractivity (Wildman–Crippen MR) is 157 cm³/mol. The zero-order valence-electron chi connectivity index (χ0n) is 23.4. The number of primary amides is 1. The molecule has 39 heavy (non-hydrogen) atoms. The van der Waals surface area contributed by atoms with Crippen LogP contribution in [0.5, 0.6) is 5.88 Å². The van der Waals surface area contributed by atoms with Crippen molar-refractivity contribution in [2.45, 2.75) is 20.0 Å². The summed E-state index contributed by atoms with van der Waals surface area (Å²) in [5, 5.41) is 4.35. The van der Waals surface area contributed by atoms with E-state index in [2.05, 4.69) is 44.7 Å². The van der Waals surface area contributed by atoms with Crippen LogP contribution in [0.2, 0.25) is 0 Å². The summed E-state index contributed by atoms with van der Waals surface area (Å²) in [4.78, 5) is 30.2. The Labute approximate surface area is 229 Å². The Balaban J connectivity index is 1.78. The third-order valence-electron chi connectivity index (χ3n) is 6.26. The number of fused-ring (bicyclic) bond motifs is 1. The van der Waals surface area contributed by atoms with Gasteiger partial charge in [-0.25, -0.2) is 9.97 Å². The van der Waals surface area contributed by atoms with Gasteiger partial charge < -0.3 is 30.2 Å². The SMILES string of the molecule is C=C(C(N)=O)c1cc(Nc2nccc(-c3cn(C)c4ccccc34)n2)c(OC(C)C)nc1N(C)CCN(C)C. The third-order valence-corrected chi connectivity index (χ3v) is 6.26. The predicted octanol–water partition coefficient (Wildman–Crippen LogP) is 4.06. The number of nitrogens with two attached hydrogens (primary N) is 1. The highest BCUT2D eigenvalue weighted by Gasteiger charge is 2.22. The standard InChI is InChI=1S/C29H36N8O2/c1-18(2)39-28-24(16-21(19(3)26(30)38)27(34-28)36(6)15-14-35(4)5)33-29-31-13-12-23(32-29)22-17-37(7)25-11-9-8-10-20(22)25/h8-13,16-18H,3,14-15H2,1-2,4-7H3,(H2,30,38)(H,31,32,33). The average molecular weight is 529 g/mol. The van der Waals surface area contributed by atoms with E-state index in [9.17, 15) is 4.79 Å². The summed E-state index contributed by atoms with van der Waals surface area (Å²) < 4.78 is 8.16. The van der Waals surface area contributed by atoms with Crippen LogP contribution in [0.4, 0.5) is 17.5 Å². The smallest absolute Gasteiger partial charge is 0.248 e. The number of carbonyl (C=O) groups excluding carboxylic acids is 1. The van der Waals surface area contributed by atoms with E-state index < -0.39 is 5.91 Å². The lowest BCUT2D eigenvalue weighted by atomic mass is 10.1. The van der Waals surface area contributed by atoms with E-state index in [1.54, 1.807) is 12.3 Å². The van der Waals surface area contributed by atoms with Crippen molar-refractivity contribution in [1.82, 2.24) is 24.4 Å². The lowest BCUT2D eigenvalue weighted by Crippen LogP contribution is -2.30. The van der Waals surface area contributed by atoms with Crippen LogP contribution in [0, 0.1) is 0 Å². The highest BCUT2D eigenvalue weighted by molar-refractivity contribution is 6.19. The number of nitrogens with zero attached hydrogens (tertiary/aromatic N) is 6. The van der Waals surface area contributed by atoms with Gasteiger partial charge in [0.25, 0.3) is 0 Å². The van der Waals surface area contributed by atoms with E-state index in [-0.39, 0.29) is 11.7 Å². The lowest BCUT2D eigenvalue weighted by molar-refractivity contribution is -0.112. The number of amides is 1. The summed E-state index contributed by atoms with van der Waals surface area (Å²) in [5.74, 6) is 0.640. The topological polar surface area (TPSA) is 114 Å².